The summed E-state index contributed by atoms with van der Waals surface area (Å²) < 4.78 is 13.3. The number of hydrogen-bond acceptors (Lipinski definition) is 2. The molecule has 1 saturated carbocycles. The summed E-state index contributed by atoms with van der Waals surface area (Å²) in [6, 6.07) is 13.9. The Kier molecular flexibility index (Phi) is 4.69. The van der Waals surface area contributed by atoms with Crippen LogP contribution in [0.15, 0.2) is 48.5 Å². The highest BCUT2D eigenvalue weighted by atomic mass is 19.1. The van der Waals surface area contributed by atoms with Crippen LogP contribution in [0.3, 0.4) is 0 Å². The third-order valence-corrected chi connectivity index (χ3v) is 6.02. The molecule has 0 N–H and O–H groups in total. The molecule has 0 aromatic heterocycles. The Morgan fingerprint density at radius 1 is 1.14 bits per heavy atom. The second-order valence-electron chi connectivity index (χ2n) is 8.01. The Bertz CT molecular complexity index is 905. The van der Waals surface area contributed by atoms with Crippen LogP contribution < -0.4 is 0 Å². The average molecular weight is 380 g/mol. The molecule has 0 radical (unpaired) electrons. The van der Waals surface area contributed by atoms with E-state index in [2.05, 4.69) is 6.07 Å². The standard InChI is InChI=1S/C23H25FN2O2/c1-16-4-3-5-18(14-16)15-25-12-13-26(17(2)21(25)27)22(28)23(10-11-23)19-6-8-20(24)9-7-19/h3-9,14,17H,10-13,15H2,1-2H3. The van der Waals surface area contributed by atoms with Crippen molar-refractivity contribution in [2.75, 3.05) is 13.1 Å². The first-order valence-electron chi connectivity index (χ1n) is 9.82. The number of benzene rings is 2. The molecule has 1 unspecified atom stereocenters. The number of carbonyl (C=O) groups excluding carboxylic acids is 2. The molecule has 4 rings (SSSR count). The number of piperazine rings is 1. The van der Waals surface area contributed by atoms with Crippen LogP contribution in [0.5, 0.6) is 0 Å². The highest BCUT2D eigenvalue weighted by Gasteiger charge is 2.54. The lowest BCUT2D eigenvalue weighted by molar-refractivity contribution is -0.152. The Morgan fingerprint density at radius 3 is 2.50 bits per heavy atom. The van der Waals surface area contributed by atoms with E-state index in [1.165, 1.54) is 17.7 Å². The molecule has 146 valence electrons. The van der Waals surface area contributed by atoms with Crippen LogP contribution in [0.4, 0.5) is 4.39 Å². The maximum Gasteiger partial charge on any atom is 0.245 e. The number of aryl methyl sites for hydroxylation is 1. The molecule has 2 aromatic carbocycles. The van der Waals surface area contributed by atoms with E-state index in [-0.39, 0.29) is 17.6 Å². The minimum Gasteiger partial charge on any atom is -0.335 e. The van der Waals surface area contributed by atoms with Gasteiger partial charge in [0.15, 0.2) is 0 Å². The minimum absolute atomic E-state index is 0.00448. The van der Waals surface area contributed by atoms with Crippen molar-refractivity contribution in [2.45, 2.75) is 44.7 Å². The lowest BCUT2D eigenvalue weighted by atomic mass is 9.93. The second kappa shape index (κ2) is 7.04. The second-order valence-corrected chi connectivity index (χ2v) is 8.01. The van der Waals surface area contributed by atoms with Gasteiger partial charge in [0.05, 0.1) is 5.41 Å². The zero-order chi connectivity index (χ0) is 19.9. The van der Waals surface area contributed by atoms with Gasteiger partial charge in [0.1, 0.15) is 11.9 Å². The van der Waals surface area contributed by atoms with E-state index in [4.69, 9.17) is 0 Å². The van der Waals surface area contributed by atoms with E-state index >= 15 is 0 Å². The van der Waals surface area contributed by atoms with Gasteiger partial charge in [-0.05, 0) is 49.9 Å². The molecule has 2 aromatic rings. The van der Waals surface area contributed by atoms with E-state index < -0.39 is 11.5 Å². The summed E-state index contributed by atoms with van der Waals surface area (Å²) in [7, 11) is 0. The van der Waals surface area contributed by atoms with Crippen LogP contribution in [-0.2, 0) is 21.5 Å². The summed E-state index contributed by atoms with van der Waals surface area (Å²) in [6.45, 7) is 5.47. The number of halogens is 1. The number of rotatable bonds is 4. The molecule has 2 amide bonds. The van der Waals surface area contributed by atoms with Gasteiger partial charge in [-0.2, -0.15) is 0 Å². The summed E-state index contributed by atoms with van der Waals surface area (Å²) in [6.07, 6.45) is 1.50. The van der Waals surface area contributed by atoms with Crippen molar-refractivity contribution >= 4 is 11.8 Å². The summed E-state index contributed by atoms with van der Waals surface area (Å²) in [5.74, 6) is -0.327. The van der Waals surface area contributed by atoms with Crippen LogP contribution in [0.1, 0.15) is 36.5 Å². The summed E-state index contributed by atoms with van der Waals surface area (Å²) in [5.41, 5.74) is 2.54. The topological polar surface area (TPSA) is 40.6 Å². The first-order valence-corrected chi connectivity index (χ1v) is 9.82. The van der Waals surface area contributed by atoms with Gasteiger partial charge < -0.3 is 9.80 Å². The molecule has 5 heteroatoms. The number of carbonyl (C=O) groups is 2. The number of nitrogens with zero attached hydrogens (tertiary/aromatic N) is 2. The van der Waals surface area contributed by atoms with E-state index in [1.54, 1.807) is 17.0 Å². The average Bonchev–Trinajstić information content (AvgIpc) is 3.48. The Hall–Kier alpha value is -2.69. The van der Waals surface area contributed by atoms with Gasteiger partial charge >= 0.3 is 0 Å². The molecule has 28 heavy (non-hydrogen) atoms. The summed E-state index contributed by atoms with van der Waals surface area (Å²) in [5, 5.41) is 0. The first-order chi connectivity index (χ1) is 13.4. The lowest BCUT2D eigenvalue weighted by Gasteiger charge is -2.41. The lowest BCUT2D eigenvalue weighted by Crippen LogP contribution is -2.59. The maximum atomic E-state index is 13.3. The quantitative estimate of drug-likeness (QED) is 0.815. The summed E-state index contributed by atoms with van der Waals surface area (Å²) >= 11 is 0. The van der Waals surface area contributed by atoms with E-state index in [9.17, 15) is 14.0 Å². The monoisotopic (exact) mass is 380 g/mol. The normalized spacial score (nSPS) is 21.0. The van der Waals surface area contributed by atoms with Gasteiger partial charge in [0.25, 0.3) is 0 Å². The molecule has 0 spiro atoms. The molecule has 1 aliphatic carbocycles. The molecule has 2 fully saturated rings. The number of amides is 2. The molecule has 0 bridgehead atoms. The highest BCUT2D eigenvalue weighted by molar-refractivity contribution is 5.95. The highest BCUT2D eigenvalue weighted by Crippen LogP contribution is 2.50. The molecule has 1 atom stereocenters. The third kappa shape index (κ3) is 3.30. The largest absolute Gasteiger partial charge is 0.335 e. The van der Waals surface area contributed by atoms with Crippen molar-refractivity contribution in [1.82, 2.24) is 9.80 Å². The van der Waals surface area contributed by atoms with E-state index in [0.29, 0.717) is 19.6 Å². The van der Waals surface area contributed by atoms with Crippen LogP contribution in [-0.4, -0.2) is 40.7 Å². The van der Waals surface area contributed by atoms with Gasteiger partial charge in [0, 0.05) is 19.6 Å². The molecule has 2 aliphatic rings. The Labute approximate surface area is 164 Å². The smallest absolute Gasteiger partial charge is 0.245 e. The predicted octanol–water partition coefficient (Wildman–Crippen LogP) is 3.43. The molecular formula is C23H25FN2O2. The molecule has 1 saturated heterocycles. The number of hydrogen-bond donors (Lipinski definition) is 0. The fourth-order valence-electron chi connectivity index (χ4n) is 4.19. The third-order valence-electron chi connectivity index (χ3n) is 6.02. The SMILES string of the molecule is Cc1cccc(CN2CCN(C(=O)C3(c4ccc(F)cc4)CC3)C(C)C2=O)c1. The van der Waals surface area contributed by atoms with Gasteiger partial charge in [0.2, 0.25) is 11.8 Å². The molecule has 1 heterocycles. The minimum atomic E-state index is -0.582. The molecule has 1 aliphatic heterocycles. The van der Waals surface area contributed by atoms with Gasteiger partial charge in [-0.25, -0.2) is 4.39 Å². The van der Waals surface area contributed by atoms with Crippen LogP contribution >= 0.6 is 0 Å². The first kappa shape index (κ1) is 18.7. The fraction of sp³-hybridized carbons (Fsp3) is 0.391. The zero-order valence-corrected chi connectivity index (χ0v) is 16.3. The van der Waals surface area contributed by atoms with Gasteiger partial charge in [-0.15, -0.1) is 0 Å². The van der Waals surface area contributed by atoms with E-state index in [1.807, 2.05) is 36.9 Å². The van der Waals surface area contributed by atoms with Gasteiger partial charge in [-0.3, -0.25) is 9.59 Å². The fourth-order valence-corrected chi connectivity index (χ4v) is 4.19. The zero-order valence-electron chi connectivity index (χ0n) is 16.3. The van der Waals surface area contributed by atoms with Gasteiger partial charge in [-0.1, -0.05) is 42.0 Å². The van der Waals surface area contributed by atoms with Crippen LogP contribution in [0.25, 0.3) is 0 Å². The van der Waals surface area contributed by atoms with Crippen molar-refractivity contribution in [1.29, 1.82) is 0 Å². The Balaban J connectivity index is 1.48. The van der Waals surface area contributed by atoms with Crippen LogP contribution in [0.2, 0.25) is 0 Å². The van der Waals surface area contributed by atoms with E-state index in [0.717, 1.165) is 24.0 Å². The molecule has 4 nitrogen and oxygen atoms in total. The van der Waals surface area contributed by atoms with Crippen LogP contribution in [0, 0.1) is 12.7 Å². The predicted molar refractivity (Wildman–Crippen MR) is 105 cm³/mol. The Morgan fingerprint density at radius 2 is 1.86 bits per heavy atom. The molecular weight excluding hydrogens is 355 g/mol. The van der Waals surface area contributed by atoms with Crippen molar-refractivity contribution in [3.8, 4) is 0 Å². The van der Waals surface area contributed by atoms with Crippen molar-refractivity contribution in [3.63, 3.8) is 0 Å². The summed E-state index contributed by atoms with van der Waals surface area (Å²) in [4.78, 5) is 29.8. The van der Waals surface area contributed by atoms with Crippen molar-refractivity contribution in [3.05, 3.63) is 71.0 Å². The maximum absolute atomic E-state index is 13.3. The van der Waals surface area contributed by atoms with Crippen molar-refractivity contribution in [2.24, 2.45) is 0 Å². The van der Waals surface area contributed by atoms with Crippen molar-refractivity contribution < 1.29 is 14.0 Å².